The van der Waals surface area contributed by atoms with Crippen LogP contribution < -0.4 is 9.47 Å². The molecule has 0 radical (unpaired) electrons. The summed E-state index contributed by atoms with van der Waals surface area (Å²) < 4.78 is 11.9. The van der Waals surface area contributed by atoms with E-state index in [1.54, 1.807) is 0 Å². The van der Waals surface area contributed by atoms with Crippen molar-refractivity contribution in [1.29, 1.82) is 0 Å². The highest BCUT2D eigenvalue weighted by molar-refractivity contribution is 6.02. The van der Waals surface area contributed by atoms with Gasteiger partial charge in [0.05, 0.1) is 13.2 Å². The summed E-state index contributed by atoms with van der Waals surface area (Å²) in [5, 5.41) is 4.81. The van der Waals surface area contributed by atoms with E-state index in [1.807, 2.05) is 13.8 Å². The van der Waals surface area contributed by atoms with E-state index in [1.165, 1.54) is 21.5 Å². The molecule has 0 saturated carbocycles. The molecule has 0 amide bonds. The standard InChI is InChI=1S/C20H22O2/c1-4-17-19(21-5-2)13-16-11-14-9-7-8-10-15(14)12-18(16)20(17)22-6-3/h7-13H,4-6H2,1-3H3. The summed E-state index contributed by atoms with van der Waals surface area (Å²) in [7, 11) is 0. The van der Waals surface area contributed by atoms with Crippen LogP contribution in [0.2, 0.25) is 0 Å². The van der Waals surface area contributed by atoms with Gasteiger partial charge in [0.15, 0.2) is 0 Å². The summed E-state index contributed by atoms with van der Waals surface area (Å²) in [6, 6.07) is 15.0. The van der Waals surface area contributed by atoms with Crippen LogP contribution in [0.1, 0.15) is 26.3 Å². The zero-order chi connectivity index (χ0) is 15.5. The van der Waals surface area contributed by atoms with E-state index >= 15 is 0 Å². The summed E-state index contributed by atoms with van der Waals surface area (Å²) in [5.41, 5.74) is 1.16. The fourth-order valence-electron chi connectivity index (χ4n) is 3.01. The minimum atomic E-state index is 0.657. The van der Waals surface area contributed by atoms with E-state index in [0.717, 1.165) is 23.5 Å². The number of fused-ring (bicyclic) bond motifs is 2. The minimum Gasteiger partial charge on any atom is -0.493 e. The first-order valence-corrected chi connectivity index (χ1v) is 8.02. The molecule has 0 bridgehead atoms. The zero-order valence-electron chi connectivity index (χ0n) is 13.5. The maximum atomic E-state index is 6.00. The van der Waals surface area contributed by atoms with Gasteiger partial charge in [-0.1, -0.05) is 31.2 Å². The van der Waals surface area contributed by atoms with Gasteiger partial charge in [0.25, 0.3) is 0 Å². The smallest absolute Gasteiger partial charge is 0.133 e. The maximum Gasteiger partial charge on any atom is 0.133 e. The van der Waals surface area contributed by atoms with Crippen LogP contribution in [0.4, 0.5) is 0 Å². The molecule has 22 heavy (non-hydrogen) atoms. The Hall–Kier alpha value is -2.22. The Kier molecular flexibility index (Phi) is 4.19. The molecule has 0 aliphatic rings. The van der Waals surface area contributed by atoms with Crippen molar-refractivity contribution >= 4 is 21.5 Å². The van der Waals surface area contributed by atoms with Crippen LogP contribution in [0.3, 0.4) is 0 Å². The third-order valence-electron chi connectivity index (χ3n) is 3.96. The predicted octanol–water partition coefficient (Wildman–Crippen LogP) is 5.35. The molecule has 0 saturated heterocycles. The Morgan fingerprint density at radius 2 is 1.45 bits per heavy atom. The Bertz CT molecular complexity index is 806. The Morgan fingerprint density at radius 1 is 0.773 bits per heavy atom. The molecule has 2 heteroatoms. The average molecular weight is 294 g/mol. The molecule has 114 valence electrons. The summed E-state index contributed by atoms with van der Waals surface area (Å²) in [6.45, 7) is 7.51. The second kappa shape index (κ2) is 6.27. The van der Waals surface area contributed by atoms with Gasteiger partial charge in [0.2, 0.25) is 0 Å². The molecule has 2 nitrogen and oxygen atoms in total. The molecule has 0 unspecified atom stereocenters. The second-order valence-corrected chi connectivity index (χ2v) is 5.32. The van der Waals surface area contributed by atoms with Crippen molar-refractivity contribution in [3.8, 4) is 11.5 Å². The van der Waals surface area contributed by atoms with Gasteiger partial charge in [-0.3, -0.25) is 0 Å². The van der Waals surface area contributed by atoms with Crippen LogP contribution in [0.25, 0.3) is 21.5 Å². The zero-order valence-corrected chi connectivity index (χ0v) is 13.5. The van der Waals surface area contributed by atoms with Gasteiger partial charge in [-0.15, -0.1) is 0 Å². The number of rotatable bonds is 5. The number of hydrogen-bond acceptors (Lipinski definition) is 2. The largest absolute Gasteiger partial charge is 0.493 e. The molecule has 0 aliphatic carbocycles. The maximum absolute atomic E-state index is 6.00. The predicted molar refractivity (Wildman–Crippen MR) is 93.2 cm³/mol. The highest BCUT2D eigenvalue weighted by Crippen LogP contribution is 2.39. The number of ether oxygens (including phenoxy) is 2. The van der Waals surface area contributed by atoms with Gasteiger partial charge in [0.1, 0.15) is 11.5 Å². The monoisotopic (exact) mass is 294 g/mol. The molecule has 0 aromatic heterocycles. The third-order valence-corrected chi connectivity index (χ3v) is 3.96. The molecule has 3 aromatic carbocycles. The molecule has 0 heterocycles. The molecule has 0 N–H and O–H groups in total. The Balaban J connectivity index is 2.36. The van der Waals surface area contributed by atoms with E-state index in [-0.39, 0.29) is 0 Å². The summed E-state index contributed by atoms with van der Waals surface area (Å²) in [4.78, 5) is 0. The van der Waals surface area contributed by atoms with Crippen LogP contribution >= 0.6 is 0 Å². The van der Waals surface area contributed by atoms with Crippen molar-refractivity contribution in [3.63, 3.8) is 0 Å². The van der Waals surface area contributed by atoms with E-state index in [9.17, 15) is 0 Å². The van der Waals surface area contributed by atoms with Crippen molar-refractivity contribution in [2.45, 2.75) is 27.2 Å². The minimum absolute atomic E-state index is 0.657. The molecule has 0 aliphatic heterocycles. The highest BCUT2D eigenvalue weighted by Gasteiger charge is 2.15. The molecular weight excluding hydrogens is 272 g/mol. The summed E-state index contributed by atoms with van der Waals surface area (Å²) in [6.07, 6.45) is 0.896. The first-order chi connectivity index (χ1) is 10.8. The van der Waals surface area contributed by atoms with Gasteiger partial charge in [-0.2, -0.15) is 0 Å². The Labute approximate surface area is 131 Å². The van der Waals surface area contributed by atoms with Crippen LogP contribution in [-0.2, 0) is 6.42 Å². The van der Waals surface area contributed by atoms with E-state index < -0.39 is 0 Å². The van der Waals surface area contributed by atoms with Crippen LogP contribution in [0.15, 0.2) is 42.5 Å². The van der Waals surface area contributed by atoms with Crippen molar-refractivity contribution < 1.29 is 9.47 Å². The van der Waals surface area contributed by atoms with Gasteiger partial charge in [-0.25, -0.2) is 0 Å². The highest BCUT2D eigenvalue weighted by atomic mass is 16.5. The fourth-order valence-corrected chi connectivity index (χ4v) is 3.01. The Morgan fingerprint density at radius 3 is 2.09 bits per heavy atom. The molecular formula is C20H22O2. The van der Waals surface area contributed by atoms with Crippen LogP contribution in [0, 0.1) is 0 Å². The third kappa shape index (κ3) is 2.50. The fraction of sp³-hybridized carbons (Fsp3) is 0.300. The van der Waals surface area contributed by atoms with Crippen LogP contribution in [-0.4, -0.2) is 13.2 Å². The first kappa shape index (κ1) is 14.7. The number of benzene rings is 3. The molecule has 0 fully saturated rings. The second-order valence-electron chi connectivity index (χ2n) is 5.32. The lowest BCUT2D eigenvalue weighted by atomic mass is 9.98. The van der Waals surface area contributed by atoms with Gasteiger partial charge >= 0.3 is 0 Å². The molecule has 3 aromatic rings. The first-order valence-electron chi connectivity index (χ1n) is 8.02. The van der Waals surface area contributed by atoms with Crippen molar-refractivity contribution in [3.05, 3.63) is 48.0 Å². The lowest BCUT2D eigenvalue weighted by molar-refractivity contribution is 0.320. The topological polar surface area (TPSA) is 18.5 Å². The molecule has 3 rings (SSSR count). The van der Waals surface area contributed by atoms with Gasteiger partial charge in [0, 0.05) is 10.9 Å². The summed E-state index contributed by atoms with van der Waals surface area (Å²) >= 11 is 0. The van der Waals surface area contributed by atoms with Crippen LogP contribution in [0.5, 0.6) is 11.5 Å². The summed E-state index contributed by atoms with van der Waals surface area (Å²) in [5.74, 6) is 1.91. The van der Waals surface area contributed by atoms with E-state index in [0.29, 0.717) is 13.2 Å². The molecule has 0 spiro atoms. The van der Waals surface area contributed by atoms with E-state index in [4.69, 9.17) is 9.47 Å². The van der Waals surface area contributed by atoms with Gasteiger partial charge in [-0.05, 0) is 54.6 Å². The van der Waals surface area contributed by atoms with E-state index in [2.05, 4.69) is 49.4 Å². The van der Waals surface area contributed by atoms with Crippen molar-refractivity contribution in [2.75, 3.05) is 13.2 Å². The SMILES string of the molecule is CCOc1cc2cc3ccccc3cc2c(OCC)c1CC. The lowest BCUT2D eigenvalue weighted by Crippen LogP contribution is -2.02. The van der Waals surface area contributed by atoms with Crippen molar-refractivity contribution in [1.82, 2.24) is 0 Å². The number of hydrogen-bond donors (Lipinski definition) is 0. The van der Waals surface area contributed by atoms with Crippen molar-refractivity contribution in [2.24, 2.45) is 0 Å². The quantitative estimate of drug-likeness (QED) is 0.590. The average Bonchev–Trinajstić information content (AvgIpc) is 2.54. The lowest BCUT2D eigenvalue weighted by Gasteiger charge is -2.17. The normalized spacial score (nSPS) is 11.0. The van der Waals surface area contributed by atoms with Gasteiger partial charge < -0.3 is 9.47 Å². The molecule has 0 atom stereocenters.